The standard InChI is InChI=1S/C26H24Cl2N2O4S.C25H21Cl3N2O5S.C25H22Cl2N2O5S/c1-14-11-20-22(29-14)7-9-24(34-23-8-5-18(12-15(2)31)16(3)17(23)4)26(20)30-35(32,33)25-10-6-19(27)13-21(25)28;1-13(31)10-15-4-7-19(21(11-15)34-3)35-20-8-6-18-23(24(28)14(2)29-18)25(20)30-36(32,33)22-9-5-16(26)12-17(22)27;1-14-10-18-20(28-14)6-8-22(34-21-7-4-16(11-15(2)30)12-23(21)33-3)25(18)29-35(31,32)24-9-5-17(26)13-19(24)27/h5-11,13,29-30H,12H2,1-4H3;4-9,11-12,29-30H,10H2,1-3H3;4-10,12-13,28-29H,11H2,1-3H3. The summed E-state index contributed by atoms with van der Waals surface area (Å²) in [5.41, 5.74) is 9.33. The van der Waals surface area contributed by atoms with E-state index in [1.807, 2.05) is 52.0 Å². The summed E-state index contributed by atoms with van der Waals surface area (Å²) in [5.74, 6) is 2.87. The van der Waals surface area contributed by atoms with Crippen molar-refractivity contribution in [1.29, 1.82) is 0 Å². The number of hydrogen-bond donors (Lipinski definition) is 6. The zero-order valence-electron chi connectivity index (χ0n) is 58.1. The Labute approximate surface area is 647 Å². The number of halogens is 7. The van der Waals surface area contributed by atoms with E-state index in [9.17, 15) is 39.6 Å². The Hall–Kier alpha value is -9.11. The Morgan fingerprint density at radius 1 is 0.377 bits per heavy atom. The van der Waals surface area contributed by atoms with Crippen LogP contribution in [-0.4, -0.2) is 71.8 Å². The average molecular weight is 1630 g/mol. The molecule has 0 aliphatic carbocycles. The molecule has 106 heavy (non-hydrogen) atoms. The lowest BCUT2D eigenvalue weighted by Gasteiger charge is -2.18. The second-order valence-corrected chi connectivity index (χ2v) is 32.4. The maximum Gasteiger partial charge on any atom is 0.263 e. The minimum atomic E-state index is -4.17. The number of ether oxygens (including phenoxy) is 5. The molecule has 0 spiro atoms. The summed E-state index contributed by atoms with van der Waals surface area (Å²) >= 11 is 42.9. The van der Waals surface area contributed by atoms with Crippen LogP contribution in [0.2, 0.25) is 35.2 Å². The van der Waals surface area contributed by atoms with E-state index in [-0.39, 0.29) is 88.5 Å². The largest absolute Gasteiger partial charge is 0.493 e. The highest BCUT2D eigenvalue weighted by atomic mass is 35.5. The van der Waals surface area contributed by atoms with Gasteiger partial charge in [0, 0.05) is 84.1 Å². The van der Waals surface area contributed by atoms with Crippen molar-refractivity contribution < 1.29 is 63.3 Å². The third-order valence-electron chi connectivity index (χ3n) is 16.4. The smallest absolute Gasteiger partial charge is 0.263 e. The highest BCUT2D eigenvalue weighted by molar-refractivity contribution is 7.93. The van der Waals surface area contributed by atoms with E-state index in [0.29, 0.717) is 88.4 Å². The Bertz CT molecular complexity index is 5850. The number of carbonyl (C=O) groups excluding carboxylic acids is 3. The number of ketones is 3. The van der Waals surface area contributed by atoms with Crippen molar-refractivity contribution in [2.45, 2.75) is 89.3 Å². The van der Waals surface area contributed by atoms with Gasteiger partial charge in [0.1, 0.15) is 54.8 Å². The number of carbonyl (C=O) groups is 3. The number of aryl methyl sites for hydroxylation is 3. The van der Waals surface area contributed by atoms with E-state index in [0.717, 1.165) is 50.2 Å². The van der Waals surface area contributed by atoms with Gasteiger partial charge >= 0.3 is 0 Å². The van der Waals surface area contributed by atoms with Crippen LogP contribution in [0.1, 0.15) is 65.7 Å². The van der Waals surface area contributed by atoms with Crippen molar-refractivity contribution in [3.8, 4) is 46.0 Å². The van der Waals surface area contributed by atoms with Crippen molar-refractivity contribution >= 4 is 178 Å². The first-order chi connectivity index (χ1) is 50.0. The maximum atomic E-state index is 13.4. The van der Waals surface area contributed by atoms with Gasteiger partial charge in [0.2, 0.25) is 0 Å². The molecule has 20 nitrogen and oxygen atoms in total. The van der Waals surface area contributed by atoms with Gasteiger partial charge in [-0.05, 0) is 217 Å². The number of rotatable bonds is 23. The zero-order chi connectivity index (χ0) is 77.0. The number of hydrogen-bond acceptors (Lipinski definition) is 14. The monoisotopic (exact) mass is 1630 g/mol. The van der Waals surface area contributed by atoms with Gasteiger partial charge in [-0.15, -0.1) is 0 Å². The molecule has 12 rings (SSSR count). The van der Waals surface area contributed by atoms with Crippen LogP contribution in [0.4, 0.5) is 17.1 Å². The molecule has 0 saturated carbocycles. The van der Waals surface area contributed by atoms with Crippen LogP contribution in [0.3, 0.4) is 0 Å². The number of fused-ring (bicyclic) bond motifs is 3. The number of aromatic nitrogens is 3. The molecule has 0 amide bonds. The summed E-state index contributed by atoms with van der Waals surface area (Å²) in [6.45, 7) is 13.9. The number of anilines is 3. The molecule has 0 atom stereocenters. The molecule has 3 aromatic heterocycles. The lowest BCUT2D eigenvalue weighted by atomic mass is 9.99. The second-order valence-electron chi connectivity index (χ2n) is 24.6. The molecule has 6 N–H and O–H groups in total. The van der Waals surface area contributed by atoms with Crippen molar-refractivity contribution in [3.05, 3.63) is 232 Å². The molecule has 0 radical (unpaired) electrons. The van der Waals surface area contributed by atoms with Gasteiger partial charge in [-0.2, -0.15) is 0 Å². The molecule has 552 valence electrons. The maximum absolute atomic E-state index is 13.4. The Kier molecular flexibility index (Phi) is 24.7. The number of aromatic amines is 3. The topological polar surface area (TPSA) is 283 Å². The van der Waals surface area contributed by atoms with Crippen LogP contribution < -0.4 is 37.9 Å². The predicted octanol–water partition coefficient (Wildman–Crippen LogP) is 20.8. The van der Waals surface area contributed by atoms with E-state index < -0.39 is 30.1 Å². The van der Waals surface area contributed by atoms with E-state index in [2.05, 4.69) is 29.1 Å². The minimum absolute atomic E-state index is 0.00574. The van der Waals surface area contributed by atoms with Crippen molar-refractivity contribution in [2.24, 2.45) is 0 Å². The summed E-state index contributed by atoms with van der Waals surface area (Å²) < 4.78 is 117. The SMILES string of the molecule is CC(=O)Cc1ccc(Oc2ccc3[nH]c(C)cc3c2NS(=O)(=O)c2ccc(Cl)cc2Cl)c(C)c1C.COc1cc(CC(C)=O)ccc1Oc1ccc2[nH]c(C)c(Cl)c2c1NS(=O)(=O)c1ccc(Cl)cc1Cl.COc1cc(CC(C)=O)ccc1Oc1ccc2[nH]c(C)cc2c1NS(=O)(=O)c1ccc(Cl)cc1Cl. The number of H-pyrrole nitrogens is 3. The van der Waals surface area contributed by atoms with Crippen LogP contribution in [0.5, 0.6) is 46.0 Å². The quantitative estimate of drug-likeness (QED) is 0.0347. The first-order valence-corrected chi connectivity index (χ1v) is 39.1. The molecule has 0 unspecified atom stereocenters. The lowest BCUT2D eigenvalue weighted by Crippen LogP contribution is -2.14. The summed E-state index contributed by atoms with van der Waals surface area (Å²) in [6.07, 6.45) is 0.848. The van der Waals surface area contributed by atoms with Crippen LogP contribution >= 0.6 is 81.2 Å². The van der Waals surface area contributed by atoms with Gasteiger partial charge in [-0.25, -0.2) is 25.3 Å². The summed E-state index contributed by atoms with van der Waals surface area (Å²) in [4.78, 5) is 43.8. The fourth-order valence-electron chi connectivity index (χ4n) is 11.4. The minimum Gasteiger partial charge on any atom is -0.493 e. The molecule has 0 fully saturated rings. The van der Waals surface area contributed by atoms with Crippen LogP contribution in [0.25, 0.3) is 32.7 Å². The van der Waals surface area contributed by atoms with Gasteiger partial charge in [-0.3, -0.25) is 28.5 Å². The van der Waals surface area contributed by atoms with Crippen LogP contribution in [-0.2, 0) is 63.7 Å². The Balaban J connectivity index is 0.000000170. The van der Waals surface area contributed by atoms with Gasteiger partial charge < -0.3 is 38.6 Å². The van der Waals surface area contributed by atoms with Crippen molar-refractivity contribution in [3.63, 3.8) is 0 Å². The van der Waals surface area contributed by atoms with Crippen LogP contribution in [0.15, 0.2) is 166 Å². The number of methoxy groups -OCH3 is 2. The number of benzene rings is 9. The van der Waals surface area contributed by atoms with E-state index in [1.54, 1.807) is 86.6 Å². The molecule has 0 aliphatic heterocycles. The van der Waals surface area contributed by atoms with Gasteiger partial charge in [0.15, 0.2) is 40.2 Å². The third-order valence-corrected chi connectivity index (χ3v) is 23.1. The highest BCUT2D eigenvalue weighted by Crippen LogP contribution is 2.47. The van der Waals surface area contributed by atoms with Crippen molar-refractivity contribution in [2.75, 3.05) is 28.4 Å². The van der Waals surface area contributed by atoms with E-state index in [4.69, 9.17) is 105 Å². The fraction of sp³-hybridized carbons (Fsp3) is 0.171. The van der Waals surface area contributed by atoms with E-state index >= 15 is 0 Å². The molecular formula is C76H67Cl7N6O14S3. The second kappa shape index (κ2) is 32.9. The Morgan fingerprint density at radius 2 is 0.736 bits per heavy atom. The molecular weight excluding hydrogens is 1570 g/mol. The highest BCUT2D eigenvalue weighted by Gasteiger charge is 2.29. The van der Waals surface area contributed by atoms with Gasteiger partial charge in [-0.1, -0.05) is 99.4 Å². The summed E-state index contributed by atoms with van der Waals surface area (Å²) in [6, 6.07) is 40.3. The van der Waals surface area contributed by atoms with Crippen molar-refractivity contribution in [1.82, 2.24) is 15.0 Å². The fourth-order valence-corrected chi connectivity index (χ4v) is 17.2. The van der Waals surface area contributed by atoms with E-state index in [1.165, 1.54) is 82.7 Å². The number of sulfonamides is 3. The predicted molar refractivity (Wildman–Crippen MR) is 421 cm³/mol. The number of nitrogens with one attached hydrogen (secondary N) is 6. The Morgan fingerprint density at radius 3 is 1.12 bits per heavy atom. The molecule has 0 aliphatic rings. The lowest BCUT2D eigenvalue weighted by molar-refractivity contribution is -0.117. The molecule has 3 heterocycles. The van der Waals surface area contributed by atoms with Crippen LogP contribution in [0, 0.1) is 34.6 Å². The zero-order valence-corrected chi connectivity index (χ0v) is 65.9. The summed E-state index contributed by atoms with van der Waals surface area (Å²) in [7, 11) is -9.37. The van der Waals surface area contributed by atoms with Gasteiger partial charge in [0.25, 0.3) is 30.1 Å². The molecule has 12 aromatic rings. The summed E-state index contributed by atoms with van der Waals surface area (Å²) in [5, 5.41) is 2.94. The average Bonchev–Trinajstić information content (AvgIpc) is 1.54. The molecule has 30 heteroatoms. The normalized spacial score (nSPS) is 11.5. The molecule has 9 aromatic carbocycles. The molecule has 0 bridgehead atoms. The first kappa shape index (κ1) is 79.5. The number of Topliss-reactive ketones (excluding diaryl/α,β-unsaturated/α-hetero) is 3. The first-order valence-electron chi connectivity index (χ1n) is 32.0. The molecule has 0 saturated heterocycles. The third kappa shape index (κ3) is 18.5. The van der Waals surface area contributed by atoms with Gasteiger partial charge in [0.05, 0.1) is 34.3 Å².